The number of rotatable bonds is 15. The van der Waals surface area contributed by atoms with Crippen molar-refractivity contribution in [3.05, 3.63) is 11.8 Å². The summed E-state index contributed by atoms with van der Waals surface area (Å²) >= 11 is 0. The fourth-order valence-corrected chi connectivity index (χ4v) is 6.41. The molecule has 2 saturated heterocycles. The third kappa shape index (κ3) is 11.4. The van der Waals surface area contributed by atoms with Crippen molar-refractivity contribution in [3.63, 3.8) is 0 Å². The Hall–Kier alpha value is -1.74. The first-order chi connectivity index (χ1) is 22.0. The summed E-state index contributed by atoms with van der Waals surface area (Å²) in [5, 5.41) is 61.6. The minimum atomic E-state index is -5.35. The first-order valence-electron chi connectivity index (χ1n) is 13.4. The van der Waals surface area contributed by atoms with E-state index in [0.29, 0.717) is 6.08 Å². The van der Waals surface area contributed by atoms with Gasteiger partial charge in [0.15, 0.2) is 6.29 Å². The largest absolute Gasteiger partial charge is 0.475 e. The molecule has 0 bridgehead atoms. The van der Waals surface area contributed by atoms with Crippen LogP contribution in [0.3, 0.4) is 0 Å². The molecule has 24 nitrogen and oxygen atoms in total. The summed E-state index contributed by atoms with van der Waals surface area (Å²) in [6.07, 6.45) is -19.5. The Balaban J connectivity index is 1.80. The minimum absolute atomic E-state index is 0.687. The van der Waals surface area contributed by atoms with Gasteiger partial charge in [-0.15, -0.1) is 0 Å². The van der Waals surface area contributed by atoms with Gasteiger partial charge in [0.25, 0.3) is 0 Å². The van der Waals surface area contributed by atoms with Crippen LogP contribution >= 0.6 is 0 Å². The lowest BCUT2D eigenvalue weighted by atomic mass is 9.83. The number of hydrogen-bond acceptors (Lipinski definition) is 20. The van der Waals surface area contributed by atoms with Crippen LogP contribution in [0.5, 0.6) is 0 Å². The lowest BCUT2D eigenvalue weighted by Gasteiger charge is -2.44. The molecule has 0 radical (unpaired) electrons. The van der Waals surface area contributed by atoms with Crippen molar-refractivity contribution >= 4 is 37.2 Å². The highest BCUT2D eigenvalue weighted by molar-refractivity contribution is 7.81. The van der Waals surface area contributed by atoms with Crippen molar-refractivity contribution in [2.75, 3.05) is 26.4 Å². The SMILES string of the molecule is CC1O[C@@H](COCC2C(CO[C@@H]3OC(C(=O)O)=CC(O)C3O)C(O)OC(COS(=O)(=O)O)[C@@H]2O)C(OS(=O)(=O)O)C(O)[C@H]1OS(=O)(=O)O. The van der Waals surface area contributed by atoms with Crippen molar-refractivity contribution in [3.8, 4) is 0 Å². The summed E-state index contributed by atoms with van der Waals surface area (Å²) in [7, 11) is -15.6. The normalized spacial score (nSPS) is 38.2. The molecule has 3 aliphatic heterocycles. The molecule has 0 amide bonds. The highest BCUT2D eigenvalue weighted by Crippen LogP contribution is 2.34. The Morgan fingerprint density at radius 2 is 1.35 bits per heavy atom. The quantitative estimate of drug-likeness (QED) is 0.0703. The summed E-state index contributed by atoms with van der Waals surface area (Å²) < 4.78 is 134. The third-order valence-corrected chi connectivity index (χ3v) is 8.60. The minimum Gasteiger partial charge on any atom is -0.475 e. The maximum Gasteiger partial charge on any atom is 0.397 e. The van der Waals surface area contributed by atoms with Gasteiger partial charge in [-0.1, -0.05) is 0 Å². The summed E-state index contributed by atoms with van der Waals surface area (Å²) in [4.78, 5) is 11.3. The lowest BCUT2D eigenvalue weighted by Crippen LogP contribution is -2.60. The molecule has 0 spiro atoms. The predicted molar refractivity (Wildman–Crippen MR) is 144 cm³/mol. The zero-order chi connectivity index (χ0) is 36.4. The Labute approximate surface area is 272 Å². The predicted octanol–water partition coefficient (Wildman–Crippen LogP) is -5.28. The van der Waals surface area contributed by atoms with Crippen LogP contribution in [0.4, 0.5) is 0 Å². The molecule has 3 heterocycles. The summed E-state index contributed by atoms with van der Waals surface area (Å²) in [6, 6.07) is 0. The maximum atomic E-state index is 11.5. The van der Waals surface area contributed by atoms with Gasteiger partial charge >= 0.3 is 37.2 Å². The molecule has 280 valence electrons. The fraction of sp³-hybridized carbons (Fsp3) is 0.857. The van der Waals surface area contributed by atoms with Gasteiger partial charge in [0.05, 0.1) is 38.6 Å². The number of carboxylic acid groups (broad SMARTS) is 1. The maximum absolute atomic E-state index is 11.5. The van der Waals surface area contributed by atoms with Crippen molar-refractivity contribution in [1.82, 2.24) is 0 Å². The second-order valence-corrected chi connectivity index (χ2v) is 13.8. The van der Waals surface area contributed by atoms with E-state index in [0.717, 1.165) is 6.92 Å². The fourth-order valence-electron chi connectivity index (χ4n) is 5.03. The average molecular weight is 767 g/mol. The van der Waals surface area contributed by atoms with E-state index in [2.05, 4.69) is 12.5 Å². The van der Waals surface area contributed by atoms with E-state index in [4.69, 9.17) is 37.9 Å². The van der Waals surface area contributed by atoms with Gasteiger partial charge in [0, 0.05) is 11.8 Å². The van der Waals surface area contributed by atoms with Crippen LogP contribution in [0.25, 0.3) is 0 Å². The molecular weight excluding hydrogens is 732 g/mol. The highest BCUT2D eigenvalue weighted by atomic mass is 32.3. The average Bonchev–Trinajstić information content (AvgIpc) is 2.93. The molecule has 0 aromatic heterocycles. The van der Waals surface area contributed by atoms with E-state index >= 15 is 0 Å². The van der Waals surface area contributed by atoms with Crippen LogP contribution < -0.4 is 0 Å². The number of carboxylic acids is 1. The van der Waals surface area contributed by atoms with Gasteiger partial charge in [0.2, 0.25) is 12.0 Å². The van der Waals surface area contributed by atoms with Gasteiger partial charge in [-0.25, -0.2) is 17.3 Å². The third-order valence-electron chi connectivity index (χ3n) is 7.24. The zero-order valence-corrected chi connectivity index (χ0v) is 26.7. The topological polar surface area (TPSA) is 375 Å². The number of ether oxygens (including phenoxy) is 5. The first kappa shape index (κ1) is 40.7. The monoisotopic (exact) mass is 766 g/mol. The second-order valence-electron chi connectivity index (χ2n) is 10.6. The summed E-state index contributed by atoms with van der Waals surface area (Å²) in [6.45, 7) is -2.10. The van der Waals surface area contributed by atoms with E-state index in [1.54, 1.807) is 0 Å². The number of aliphatic hydroxyl groups is 5. The number of carbonyl (C=O) groups is 1. The Bertz CT molecular complexity index is 1460. The number of aliphatic carboxylic acids is 1. The number of aliphatic hydroxyl groups excluding tert-OH is 5. The molecule has 0 aromatic carbocycles. The van der Waals surface area contributed by atoms with Gasteiger partial charge in [-0.05, 0) is 13.0 Å². The van der Waals surface area contributed by atoms with Crippen molar-refractivity contribution in [2.24, 2.45) is 11.8 Å². The van der Waals surface area contributed by atoms with E-state index in [-0.39, 0.29) is 0 Å². The molecule has 0 aliphatic carbocycles. The molecule has 9 unspecified atom stereocenters. The molecule has 48 heavy (non-hydrogen) atoms. The van der Waals surface area contributed by atoms with Gasteiger partial charge < -0.3 is 54.3 Å². The molecule has 27 heteroatoms. The molecule has 0 aromatic rings. The van der Waals surface area contributed by atoms with Crippen LogP contribution in [0.1, 0.15) is 6.92 Å². The van der Waals surface area contributed by atoms with E-state index in [1.807, 2.05) is 0 Å². The van der Waals surface area contributed by atoms with Crippen LogP contribution in [0, 0.1) is 11.8 Å². The standard InChI is InChI=1S/C21H34O24S3/c1-7-17(44-47(32,33)34)16(25)18(45-48(35,36)37)13(41-7)5-38-3-8-9(20(28)42-12(14(8)23)6-40-46(29,30)31)4-39-21-15(24)10(22)2-11(43-21)19(26)27/h2,7-10,12-18,20-25,28H,3-6H2,1H3,(H,26,27)(H,29,30,31)(H,32,33,34)(H,35,36,37)/t7?,8?,9?,10?,12?,13-,14+,15?,16?,17-,18?,20?,21+/m0/s1. The first-order valence-corrected chi connectivity index (χ1v) is 17.5. The Kier molecular flexibility index (Phi) is 13.6. The second kappa shape index (κ2) is 16.1. The van der Waals surface area contributed by atoms with Crippen molar-refractivity contribution < 1.29 is 111 Å². The van der Waals surface area contributed by atoms with Crippen LogP contribution in [0.15, 0.2) is 11.8 Å². The molecule has 3 aliphatic rings. The van der Waals surface area contributed by atoms with Gasteiger partial charge in [-0.2, -0.15) is 25.3 Å². The highest BCUT2D eigenvalue weighted by Gasteiger charge is 2.50. The van der Waals surface area contributed by atoms with Crippen molar-refractivity contribution in [1.29, 1.82) is 0 Å². The molecule has 2 fully saturated rings. The molecular formula is C21H34O24S3. The summed E-state index contributed by atoms with van der Waals surface area (Å²) in [5.74, 6) is -5.21. The van der Waals surface area contributed by atoms with Crippen LogP contribution in [0.2, 0.25) is 0 Å². The van der Waals surface area contributed by atoms with Gasteiger partial charge in [-0.3, -0.25) is 13.7 Å². The van der Waals surface area contributed by atoms with E-state index in [9.17, 15) is 60.1 Å². The smallest absolute Gasteiger partial charge is 0.397 e. The molecule has 13 atom stereocenters. The molecule has 3 rings (SSSR count). The zero-order valence-electron chi connectivity index (χ0n) is 24.3. The van der Waals surface area contributed by atoms with Gasteiger partial charge in [0.1, 0.15) is 42.7 Å². The molecule has 0 saturated carbocycles. The van der Waals surface area contributed by atoms with E-state index < -0.39 is 149 Å². The summed E-state index contributed by atoms with van der Waals surface area (Å²) in [5.41, 5.74) is 0. The Morgan fingerprint density at radius 1 is 0.750 bits per heavy atom. The Morgan fingerprint density at radius 3 is 1.92 bits per heavy atom. The van der Waals surface area contributed by atoms with Crippen molar-refractivity contribution in [2.45, 2.75) is 74.4 Å². The van der Waals surface area contributed by atoms with E-state index in [1.165, 1.54) is 0 Å². The van der Waals surface area contributed by atoms with Crippen LogP contribution in [-0.2, 0) is 72.2 Å². The van der Waals surface area contributed by atoms with Crippen LogP contribution in [-0.4, -0.2) is 169 Å². The lowest BCUT2D eigenvalue weighted by molar-refractivity contribution is -0.284. The molecule has 9 N–H and O–H groups in total. The number of hydrogen-bond donors (Lipinski definition) is 9.